The highest BCUT2D eigenvalue weighted by Crippen LogP contribution is 2.27. The minimum atomic E-state index is -3.00. The van der Waals surface area contributed by atoms with Gasteiger partial charge in [0.05, 0.1) is 18.3 Å². The summed E-state index contributed by atoms with van der Waals surface area (Å²) in [5, 5.41) is 7.02. The number of nitrogens with zero attached hydrogens (tertiary/aromatic N) is 2. The second kappa shape index (κ2) is 12.2. The van der Waals surface area contributed by atoms with E-state index in [2.05, 4.69) is 29.4 Å². The van der Waals surface area contributed by atoms with Crippen LogP contribution in [0.25, 0.3) is 0 Å². The van der Waals surface area contributed by atoms with Crippen LogP contribution >= 0.6 is 11.6 Å². The molecule has 154 valence electrons. The number of rotatable bonds is 11. The van der Waals surface area contributed by atoms with E-state index in [1.165, 1.54) is 0 Å². The van der Waals surface area contributed by atoms with Crippen molar-refractivity contribution in [1.82, 2.24) is 15.5 Å². The van der Waals surface area contributed by atoms with E-state index < -0.39 is 9.84 Å². The van der Waals surface area contributed by atoms with E-state index in [9.17, 15) is 8.42 Å². The molecule has 0 radical (unpaired) electrons. The van der Waals surface area contributed by atoms with Gasteiger partial charge in [-0.05, 0) is 31.6 Å². The molecule has 1 atom stereocenters. The van der Waals surface area contributed by atoms with Crippen molar-refractivity contribution in [2.45, 2.75) is 33.7 Å². The molecule has 27 heavy (non-hydrogen) atoms. The maximum Gasteiger partial charge on any atom is 0.191 e. The van der Waals surface area contributed by atoms with Gasteiger partial charge in [0.1, 0.15) is 0 Å². The number of nitrogens with one attached hydrogen (secondary N) is 2. The van der Waals surface area contributed by atoms with Crippen LogP contribution in [0.3, 0.4) is 0 Å². The fraction of sp³-hybridized carbons (Fsp3) is 0.632. The summed E-state index contributed by atoms with van der Waals surface area (Å²) in [6.07, 6.45) is 0. The van der Waals surface area contributed by atoms with E-state index in [1.807, 2.05) is 31.2 Å². The van der Waals surface area contributed by atoms with Crippen molar-refractivity contribution in [2.75, 3.05) is 44.2 Å². The highest BCUT2D eigenvalue weighted by atomic mass is 35.5. The summed E-state index contributed by atoms with van der Waals surface area (Å²) in [5.74, 6) is 0.865. The molecular formula is C19H33ClN4O2S. The van der Waals surface area contributed by atoms with Gasteiger partial charge in [0.15, 0.2) is 15.8 Å². The molecule has 1 unspecified atom stereocenters. The highest BCUT2D eigenvalue weighted by molar-refractivity contribution is 7.91. The minimum Gasteiger partial charge on any atom is -0.357 e. The third-order valence-electron chi connectivity index (χ3n) is 4.43. The van der Waals surface area contributed by atoms with Crippen molar-refractivity contribution in [3.63, 3.8) is 0 Å². The smallest absolute Gasteiger partial charge is 0.191 e. The summed E-state index contributed by atoms with van der Waals surface area (Å²) < 4.78 is 23.3. The second-order valence-corrected chi connectivity index (χ2v) is 9.02. The van der Waals surface area contributed by atoms with Crippen LogP contribution in [0.2, 0.25) is 5.02 Å². The molecule has 0 spiro atoms. The van der Waals surface area contributed by atoms with Crippen LogP contribution in [0.5, 0.6) is 0 Å². The predicted molar refractivity (Wildman–Crippen MR) is 115 cm³/mol. The largest absolute Gasteiger partial charge is 0.357 e. The molecular weight excluding hydrogens is 384 g/mol. The maximum absolute atomic E-state index is 11.7. The van der Waals surface area contributed by atoms with Crippen LogP contribution in [0.4, 0.5) is 0 Å². The van der Waals surface area contributed by atoms with Gasteiger partial charge in [-0.15, -0.1) is 0 Å². The number of halogens is 1. The predicted octanol–water partition coefficient (Wildman–Crippen LogP) is 2.71. The molecule has 0 aliphatic rings. The van der Waals surface area contributed by atoms with Crippen molar-refractivity contribution >= 4 is 27.4 Å². The monoisotopic (exact) mass is 416 g/mol. The zero-order chi connectivity index (χ0) is 20.3. The molecule has 1 aromatic carbocycles. The van der Waals surface area contributed by atoms with Crippen LogP contribution in [-0.2, 0) is 9.84 Å². The number of hydrogen-bond donors (Lipinski definition) is 2. The van der Waals surface area contributed by atoms with Crippen LogP contribution < -0.4 is 10.6 Å². The van der Waals surface area contributed by atoms with E-state index in [4.69, 9.17) is 16.6 Å². The van der Waals surface area contributed by atoms with E-state index in [0.29, 0.717) is 25.6 Å². The van der Waals surface area contributed by atoms with E-state index in [0.717, 1.165) is 23.7 Å². The molecule has 0 aromatic heterocycles. The molecule has 0 bridgehead atoms. The van der Waals surface area contributed by atoms with Gasteiger partial charge < -0.3 is 10.6 Å². The zero-order valence-corrected chi connectivity index (χ0v) is 18.4. The number of sulfone groups is 1. The van der Waals surface area contributed by atoms with Gasteiger partial charge >= 0.3 is 0 Å². The number of aliphatic imine (C=N–C) groups is 1. The second-order valence-electron chi connectivity index (χ2n) is 6.14. The molecule has 8 heteroatoms. The van der Waals surface area contributed by atoms with Crippen molar-refractivity contribution in [3.8, 4) is 0 Å². The Morgan fingerprint density at radius 2 is 1.81 bits per heavy atom. The Morgan fingerprint density at radius 1 is 1.15 bits per heavy atom. The lowest BCUT2D eigenvalue weighted by Crippen LogP contribution is -2.40. The normalized spacial score (nSPS) is 13.6. The standard InChI is InChI=1S/C19H33ClN4O2S/c1-5-21-19(22-13-14-27(25,26)8-4)23-15-18(24(6-2)7-3)16-11-9-10-12-17(16)20/h9-12,18H,5-8,13-15H2,1-4H3,(H2,21,22,23). The van der Waals surface area contributed by atoms with Crippen molar-refractivity contribution in [3.05, 3.63) is 34.9 Å². The maximum atomic E-state index is 11.7. The topological polar surface area (TPSA) is 73.8 Å². The molecule has 0 saturated carbocycles. The van der Waals surface area contributed by atoms with Gasteiger partial charge in [0.2, 0.25) is 0 Å². The quantitative estimate of drug-likeness (QED) is 0.428. The van der Waals surface area contributed by atoms with Crippen molar-refractivity contribution in [1.29, 1.82) is 0 Å². The Morgan fingerprint density at radius 3 is 2.37 bits per heavy atom. The molecule has 0 fully saturated rings. The van der Waals surface area contributed by atoms with Crippen LogP contribution in [-0.4, -0.2) is 63.5 Å². The Labute approximate surface area is 169 Å². The zero-order valence-electron chi connectivity index (χ0n) is 16.8. The molecule has 2 N–H and O–H groups in total. The number of hydrogen-bond acceptors (Lipinski definition) is 4. The first-order valence-corrected chi connectivity index (χ1v) is 11.8. The molecule has 6 nitrogen and oxygen atoms in total. The first-order valence-electron chi connectivity index (χ1n) is 9.59. The first-order chi connectivity index (χ1) is 12.9. The SMILES string of the molecule is CCNC(=NCC(c1ccccc1Cl)N(CC)CC)NCCS(=O)(=O)CC. The van der Waals surface area contributed by atoms with E-state index in [-0.39, 0.29) is 17.5 Å². The summed E-state index contributed by atoms with van der Waals surface area (Å²) in [6, 6.07) is 7.91. The van der Waals surface area contributed by atoms with Crippen LogP contribution in [0, 0.1) is 0 Å². The lowest BCUT2D eigenvalue weighted by molar-refractivity contribution is 0.224. The molecule has 1 aromatic rings. The van der Waals surface area contributed by atoms with Gasteiger partial charge in [0, 0.05) is 23.9 Å². The number of guanidine groups is 1. The summed E-state index contributed by atoms with van der Waals surface area (Å²) in [5.41, 5.74) is 1.05. The molecule has 0 aliphatic carbocycles. The number of likely N-dealkylation sites (N-methyl/N-ethyl adjacent to an activating group) is 1. The lowest BCUT2D eigenvalue weighted by atomic mass is 10.1. The summed E-state index contributed by atoms with van der Waals surface area (Å²) >= 11 is 6.43. The van der Waals surface area contributed by atoms with Gasteiger partial charge in [-0.2, -0.15) is 0 Å². The Balaban J connectivity index is 2.94. The van der Waals surface area contributed by atoms with Crippen LogP contribution in [0.1, 0.15) is 39.3 Å². The fourth-order valence-electron chi connectivity index (χ4n) is 2.81. The van der Waals surface area contributed by atoms with Gasteiger partial charge in [-0.3, -0.25) is 9.89 Å². The van der Waals surface area contributed by atoms with E-state index >= 15 is 0 Å². The average Bonchev–Trinajstić information content (AvgIpc) is 2.65. The van der Waals surface area contributed by atoms with Gasteiger partial charge in [-0.1, -0.05) is 50.6 Å². The third kappa shape index (κ3) is 8.07. The third-order valence-corrected chi connectivity index (χ3v) is 6.48. The van der Waals surface area contributed by atoms with Gasteiger partial charge in [0.25, 0.3) is 0 Å². The summed E-state index contributed by atoms with van der Waals surface area (Å²) in [4.78, 5) is 7.01. The minimum absolute atomic E-state index is 0.0588. The molecule has 0 amide bonds. The lowest BCUT2D eigenvalue weighted by Gasteiger charge is -2.29. The first kappa shape index (κ1) is 23.7. The van der Waals surface area contributed by atoms with Crippen molar-refractivity contribution < 1.29 is 8.42 Å². The molecule has 0 saturated heterocycles. The van der Waals surface area contributed by atoms with E-state index in [1.54, 1.807) is 6.92 Å². The molecule has 0 aliphatic heterocycles. The number of benzene rings is 1. The molecule has 1 rings (SSSR count). The Bertz CT molecular complexity index is 691. The summed E-state index contributed by atoms with van der Waals surface area (Å²) in [6.45, 7) is 11.2. The molecule has 0 heterocycles. The Kier molecular flexibility index (Phi) is 10.7. The average molecular weight is 417 g/mol. The fourth-order valence-corrected chi connectivity index (χ4v) is 3.77. The van der Waals surface area contributed by atoms with Crippen LogP contribution in [0.15, 0.2) is 29.3 Å². The summed E-state index contributed by atoms with van der Waals surface area (Å²) in [7, 11) is -3.00. The highest BCUT2D eigenvalue weighted by Gasteiger charge is 2.20. The van der Waals surface area contributed by atoms with Gasteiger partial charge in [-0.25, -0.2) is 8.42 Å². The Hall–Kier alpha value is -1.31. The van der Waals surface area contributed by atoms with Crippen molar-refractivity contribution in [2.24, 2.45) is 4.99 Å².